The molecule has 2 saturated heterocycles. The topological polar surface area (TPSA) is 41.6 Å². The van der Waals surface area contributed by atoms with Crippen LogP contribution in [0.4, 0.5) is 0 Å². The van der Waals surface area contributed by atoms with Gasteiger partial charge >= 0.3 is 0 Å². The number of carbonyl (C=O) groups is 1. The lowest BCUT2D eigenvalue weighted by molar-refractivity contribution is -0.118. The molecule has 4 nitrogen and oxygen atoms in total. The van der Waals surface area contributed by atoms with Crippen LogP contribution in [0.3, 0.4) is 0 Å². The molecule has 2 aromatic carbocycles. The van der Waals surface area contributed by atoms with Gasteiger partial charge in [0.05, 0.1) is 11.7 Å². The zero-order valence-corrected chi connectivity index (χ0v) is 18.0. The van der Waals surface area contributed by atoms with Crippen molar-refractivity contribution < 1.29 is 9.53 Å². The number of nitrogens with one attached hydrogen (secondary N) is 1. The summed E-state index contributed by atoms with van der Waals surface area (Å²) in [7, 11) is 0. The average molecular weight is 425 g/mol. The number of likely N-dealkylation sites (tertiary alicyclic amines) is 1. The second-order valence-electron chi connectivity index (χ2n) is 8.35. The third kappa shape index (κ3) is 5.72. The molecule has 2 heterocycles. The van der Waals surface area contributed by atoms with Crippen molar-refractivity contribution in [1.82, 2.24) is 10.2 Å². The molecule has 4 rings (SSSR count). The molecule has 1 atom stereocenters. The Kier molecular flexibility index (Phi) is 6.88. The van der Waals surface area contributed by atoms with Gasteiger partial charge in [-0.25, -0.2) is 0 Å². The molecule has 158 valence electrons. The highest BCUT2D eigenvalue weighted by Gasteiger charge is 2.42. The maximum atomic E-state index is 12.1. The number of nitrogens with zero attached hydrogens (tertiary/aromatic N) is 1. The Bertz CT molecular complexity index is 858. The smallest absolute Gasteiger partial charge is 0.244 e. The molecule has 2 aliphatic rings. The minimum Gasteiger partial charge on any atom is -0.370 e. The average Bonchev–Trinajstić information content (AvgIpc) is 3.17. The number of carbonyl (C=O) groups excluding carboxylic acids is 1. The molecule has 2 aromatic rings. The monoisotopic (exact) mass is 424 g/mol. The van der Waals surface area contributed by atoms with E-state index >= 15 is 0 Å². The van der Waals surface area contributed by atoms with Gasteiger partial charge in [-0.05, 0) is 55.0 Å². The van der Waals surface area contributed by atoms with E-state index in [4.69, 9.17) is 16.3 Å². The van der Waals surface area contributed by atoms with Crippen molar-refractivity contribution in [3.63, 3.8) is 0 Å². The molecule has 1 N–H and O–H groups in total. The van der Waals surface area contributed by atoms with Crippen molar-refractivity contribution in [2.45, 2.75) is 43.9 Å². The first-order valence-corrected chi connectivity index (χ1v) is 11.1. The normalized spacial score (nSPS) is 21.3. The number of hydrogen-bond donors (Lipinski definition) is 1. The lowest BCUT2D eigenvalue weighted by Gasteiger charge is -2.39. The van der Waals surface area contributed by atoms with Crippen LogP contribution >= 0.6 is 11.6 Å². The van der Waals surface area contributed by atoms with E-state index < -0.39 is 0 Å². The number of piperidine rings is 1. The van der Waals surface area contributed by atoms with Crippen LogP contribution in [0.5, 0.6) is 0 Å². The molecular weight excluding hydrogens is 396 g/mol. The number of amides is 1. The highest BCUT2D eigenvalue weighted by molar-refractivity contribution is 6.30. The van der Waals surface area contributed by atoms with Crippen LogP contribution in [0.25, 0.3) is 6.08 Å². The molecule has 5 heteroatoms. The molecule has 0 saturated carbocycles. The molecule has 1 spiro atoms. The molecule has 30 heavy (non-hydrogen) atoms. The van der Waals surface area contributed by atoms with Gasteiger partial charge in [0.1, 0.15) is 0 Å². The first kappa shape index (κ1) is 21.1. The lowest BCUT2D eigenvalue weighted by atomic mass is 9.88. The largest absolute Gasteiger partial charge is 0.370 e. The molecular formula is C25H29ClN2O2. The minimum absolute atomic E-state index is 0.00171. The molecule has 0 aliphatic carbocycles. The molecule has 0 radical (unpaired) electrons. The Morgan fingerprint density at radius 2 is 1.83 bits per heavy atom. The fourth-order valence-corrected chi connectivity index (χ4v) is 4.51. The van der Waals surface area contributed by atoms with Crippen LogP contribution in [0.15, 0.2) is 60.7 Å². The standard InChI is InChI=1S/C25H29ClN2O2/c26-22-9-6-20(7-10-22)8-11-24(29)27-18-23-12-13-25(30-23)14-16-28(17-15-25)19-21-4-2-1-3-5-21/h1-11,23H,12-19H2,(H,27,29)/b11-8+/t23-/m1/s1. The summed E-state index contributed by atoms with van der Waals surface area (Å²) < 4.78 is 6.43. The van der Waals surface area contributed by atoms with Crippen molar-refractivity contribution in [2.24, 2.45) is 0 Å². The Balaban J connectivity index is 1.19. The number of halogens is 1. The minimum atomic E-state index is -0.0906. The second-order valence-corrected chi connectivity index (χ2v) is 8.79. The summed E-state index contributed by atoms with van der Waals surface area (Å²) in [6.07, 6.45) is 7.72. The number of hydrogen-bond acceptors (Lipinski definition) is 3. The van der Waals surface area contributed by atoms with Gasteiger partial charge in [0.2, 0.25) is 5.91 Å². The first-order valence-electron chi connectivity index (χ1n) is 10.8. The van der Waals surface area contributed by atoms with E-state index in [1.165, 1.54) is 5.56 Å². The summed E-state index contributed by atoms with van der Waals surface area (Å²) in [6.45, 7) is 3.71. The first-order chi connectivity index (χ1) is 14.6. The Labute approximate surface area is 183 Å². The van der Waals surface area contributed by atoms with Gasteiger partial charge in [0.25, 0.3) is 0 Å². The van der Waals surface area contributed by atoms with E-state index in [0.717, 1.165) is 50.9 Å². The van der Waals surface area contributed by atoms with Crippen molar-refractivity contribution in [1.29, 1.82) is 0 Å². The highest BCUT2D eigenvalue weighted by atomic mass is 35.5. The van der Waals surface area contributed by atoms with Crippen molar-refractivity contribution in [3.8, 4) is 0 Å². The summed E-state index contributed by atoms with van der Waals surface area (Å²) >= 11 is 5.88. The molecule has 0 unspecified atom stereocenters. The zero-order chi connectivity index (χ0) is 20.8. The van der Waals surface area contributed by atoms with Crippen LogP contribution < -0.4 is 5.32 Å². The van der Waals surface area contributed by atoms with Gasteiger partial charge in [-0.2, -0.15) is 0 Å². The van der Waals surface area contributed by atoms with E-state index in [1.807, 2.05) is 24.3 Å². The van der Waals surface area contributed by atoms with Crippen molar-refractivity contribution >= 4 is 23.6 Å². The van der Waals surface area contributed by atoms with E-state index in [2.05, 4.69) is 40.5 Å². The predicted molar refractivity (Wildman–Crippen MR) is 121 cm³/mol. The third-order valence-electron chi connectivity index (χ3n) is 6.16. The summed E-state index contributed by atoms with van der Waals surface area (Å²) in [6, 6.07) is 18.1. The van der Waals surface area contributed by atoms with E-state index in [9.17, 15) is 4.79 Å². The Hall–Kier alpha value is -2.14. The summed E-state index contributed by atoms with van der Waals surface area (Å²) in [5.41, 5.74) is 2.32. The summed E-state index contributed by atoms with van der Waals surface area (Å²) in [5.74, 6) is -0.0906. The number of ether oxygens (including phenoxy) is 1. The summed E-state index contributed by atoms with van der Waals surface area (Å²) in [5, 5.41) is 3.67. The fourth-order valence-electron chi connectivity index (χ4n) is 4.39. The quantitative estimate of drug-likeness (QED) is 0.684. The molecule has 0 aromatic heterocycles. The molecule has 0 bridgehead atoms. The predicted octanol–water partition coefficient (Wildman–Crippen LogP) is 4.68. The second kappa shape index (κ2) is 9.78. The van der Waals surface area contributed by atoms with Crippen LogP contribution in [0.2, 0.25) is 5.02 Å². The van der Waals surface area contributed by atoms with Gasteiger partial charge in [-0.1, -0.05) is 54.1 Å². The van der Waals surface area contributed by atoms with Gasteiger partial charge in [-0.3, -0.25) is 9.69 Å². The van der Waals surface area contributed by atoms with Gasteiger partial charge in [0, 0.05) is 37.3 Å². The van der Waals surface area contributed by atoms with E-state index in [0.29, 0.717) is 11.6 Å². The van der Waals surface area contributed by atoms with Crippen LogP contribution in [0.1, 0.15) is 36.8 Å². The molecule has 1 amide bonds. The van der Waals surface area contributed by atoms with Crippen LogP contribution in [-0.4, -0.2) is 42.1 Å². The summed E-state index contributed by atoms with van der Waals surface area (Å²) in [4.78, 5) is 14.7. The molecule has 2 fully saturated rings. The maximum Gasteiger partial charge on any atom is 0.244 e. The number of benzene rings is 2. The van der Waals surface area contributed by atoms with Gasteiger partial charge in [0.15, 0.2) is 0 Å². The van der Waals surface area contributed by atoms with Crippen molar-refractivity contribution in [3.05, 3.63) is 76.8 Å². The fraction of sp³-hybridized carbons (Fsp3) is 0.400. The van der Waals surface area contributed by atoms with Crippen LogP contribution in [0, 0.1) is 0 Å². The van der Waals surface area contributed by atoms with Gasteiger partial charge in [-0.15, -0.1) is 0 Å². The zero-order valence-electron chi connectivity index (χ0n) is 17.2. The SMILES string of the molecule is O=C(/C=C/c1ccc(Cl)cc1)NC[C@H]1CCC2(CCN(Cc3ccccc3)CC2)O1. The molecule has 2 aliphatic heterocycles. The maximum absolute atomic E-state index is 12.1. The van der Waals surface area contributed by atoms with E-state index in [-0.39, 0.29) is 17.6 Å². The Morgan fingerprint density at radius 3 is 2.57 bits per heavy atom. The lowest BCUT2D eigenvalue weighted by Crippen LogP contribution is -2.44. The highest BCUT2D eigenvalue weighted by Crippen LogP contribution is 2.39. The third-order valence-corrected chi connectivity index (χ3v) is 6.41. The number of rotatable bonds is 6. The van der Waals surface area contributed by atoms with Crippen molar-refractivity contribution in [2.75, 3.05) is 19.6 Å². The van der Waals surface area contributed by atoms with Gasteiger partial charge < -0.3 is 10.1 Å². The van der Waals surface area contributed by atoms with E-state index in [1.54, 1.807) is 12.2 Å². The Morgan fingerprint density at radius 1 is 1.10 bits per heavy atom. The van der Waals surface area contributed by atoms with Crippen LogP contribution in [-0.2, 0) is 16.1 Å².